The Labute approximate surface area is 129 Å². The first-order valence-corrected chi connectivity index (χ1v) is 5.68. The van der Waals surface area contributed by atoms with Crippen LogP contribution in [0.4, 0.5) is 0 Å². The minimum absolute atomic E-state index is 0. The first kappa shape index (κ1) is 14.6. The molecule has 0 saturated heterocycles. The van der Waals surface area contributed by atoms with Crippen LogP contribution in [-0.2, 0) is 39.1 Å². The van der Waals surface area contributed by atoms with Crippen molar-refractivity contribution >= 4 is 0 Å². The topological polar surface area (TPSA) is 0 Å². The number of hydrogen-bond donors (Lipinski definition) is 0. The van der Waals surface area contributed by atoms with E-state index in [1.165, 1.54) is 27.8 Å². The molecule has 0 nitrogen and oxygen atoms in total. The molecule has 0 fully saturated rings. The summed E-state index contributed by atoms with van der Waals surface area (Å²) in [6.45, 7) is 6.38. The summed E-state index contributed by atoms with van der Waals surface area (Å²) in [7, 11) is 0. The quantitative estimate of drug-likeness (QED) is 0.735. The molecule has 0 saturated carbocycles. The molecule has 1 heteroatoms. The van der Waals surface area contributed by atoms with E-state index in [0.717, 1.165) is 6.42 Å². The third kappa shape index (κ3) is 4.05. The van der Waals surface area contributed by atoms with Crippen LogP contribution in [0.5, 0.6) is 0 Å². The molecule has 0 bridgehead atoms. The van der Waals surface area contributed by atoms with Crippen LogP contribution >= 0.6 is 0 Å². The Morgan fingerprint density at radius 3 is 2.24 bits per heavy atom. The van der Waals surface area contributed by atoms with E-state index in [1.54, 1.807) is 0 Å². The van der Waals surface area contributed by atoms with Gasteiger partial charge in [0.05, 0.1) is 0 Å². The molecule has 0 aliphatic carbocycles. The van der Waals surface area contributed by atoms with Gasteiger partial charge in [0.25, 0.3) is 0 Å². The van der Waals surface area contributed by atoms with Crippen LogP contribution in [0, 0.1) is 26.8 Å². The van der Waals surface area contributed by atoms with Crippen LogP contribution in [-0.4, -0.2) is 0 Å². The van der Waals surface area contributed by atoms with Crippen LogP contribution in [0.2, 0.25) is 0 Å². The molecule has 0 aromatic heterocycles. The molecule has 1 radical (unpaired) electrons. The van der Waals surface area contributed by atoms with Crippen molar-refractivity contribution < 1.29 is 32.7 Å². The zero-order valence-corrected chi connectivity index (χ0v) is 13.6. The maximum atomic E-state index is 3.27. The van der Waals surface area contributed by atoms with Gasteiger partial charge in [-0.2, -0.15) is 29.3 Å². The second-order valence-corrected chi connectivity index (χ2v) is 4.49. The summed E-state index contributed by atoms with van der Waals surface area (Å²) in [6.07, 6.45) is 1.00. The standard InChI is InChI=1S/C16H17.Y/c1-12-4-7-15(8-5-12)11-16-9-6-13(2)10-14(16)3;/h4-5,7-10H,11H2,1-3H3;/q-1;. The van der Waals surface area contributed by atoms with E-state index in [1.807, 2.05) is 0 Å². The van der Waals surface area contributed by atoms with E-state index in [9.17, 15) is 0 Å². The van der Waals surface area contributed by atoms with Crippen LogP contribution < -0.4 is 0 Å². The van der Waals surface area contributed by atoms with E-state index in [4.69, 9.17) is 0 Å². The first-order valence-electron chi connectivity index (χ1n) is 5.68. The van der Waals surface area contributed by atoms with Gasteiger partial charge in [0.15, 0.2) is 0 Å². The SMILES string of the molecule is Cc1[c-]cc(Cc2ccc(C)cc2)c(C)c1.[Y]. The Hall–Kier alpha value is -0.456. The van der Waals surface area contributed by atoms with Gasteiger partial charge in [-0.3, -0.25) is 0 Å². The molecule has 0 N–H and O–H groups in total. The average Bonchev–Trinajstić information content (AvgIpc) is 2.25. The van der Waals surface area contributed by atoms with Gasteiger partial charge in [0, 0.05) is 32.7 Å². The Morgan fingerprint density at radius 1 is 1.00 bits per heavy atom. The van der Waals surface area contributed by atoms with Crippen molar-refractivity contribution in [3.63, 3.8) is 0 Å². The fourth-order valence-electron chi connectivity index (χ4n) is 1.89. The van der Waals surface area contributed by atoms with E-state index < -0.39 is 0 Å². The van der Waals surface area contributed by atoms with Crippen LogP contribution in [0.15, 0.2) is 36.4 Å². The van der Waals surface area contributed by atoms with Crippen molar-refractivity contribution in [2.75, 3.05) is 0 Å². The molecule has 2 aromatic rings. The average molecular weight is 298 g/mol. The van der Waals surface area contributed by atoms with Crippen LogP contribution in [0.3, 0.4) is 0 Å². The second kappa shape index (κ2) is 6.47. The molecule has 0 heterocycles. The van der Waals surface area contributed by atoms with E-state index in [0.29, 0.717) is 0 Å². The fourth-order valence-corrected chi connectivity index (χ4v) is 1.89. The zero-order valence-electron chi connectivity index (χ0n) is 10.7. The Morgan fingerprint density at radius 2 is 1.65 bits per heavy atom. The molecule has 0 spiro atoms. The normalized spacial score (nSPS) is 9.82. The Bertz CT molecular complexity index is 483. The number of benzene rings is 2. The van der Waals surface area contributed by atoms with Crippen molar-refractivity contribution in [3.8, 4) is 0 Å². The molecule has 85 valence electrons. The maximum absolute atomic E-state index is 3.27. The third-order valence-corrected chi connectivity index (χ3v) is 2.93. The number of rotatable bonds is 2. The molecule has 2 aromatic carbocycles. The molecule has 0 aliphatic rings. The molecule has 0 aliphatic heterocycles. The summed E-state index contributed by atoms with van der Waals surface area (Å²) < 4.78 is 0. The van der Waals surface area contributed by atoms with Gasteiger partial charge >= 0.3 is 0 Å². The summed E-state index contributed by atoms with van der Waals surface area (Å²) in [5.74, 6) is 0. The van der Waals surface area contributed by atoms with Crippen molar-refractivity contribution in [1.82, 2.24) is 0 Å². The number of hydrogen-bond acceptors (Lipinski definition) is 0. The molecular formula is C16H17Y-. The molecule has 0 unspecified atom stereocenters. The molecule has 2 rings (SSSR count). The summed E-state index contributed by atoms with van der Waals surface area (Å²) in [5.41, 5.74) is 6.62. The summed E-state index contributed by atoms with van der Waals surface area (Å²) in [4.78, 5) is 0. The Kier molecular flexibility index (Phi) is 5.56. The minimum atomic E-state index is 0. The van der Waals surface area contributed by atoms with Gasteiger partial charge in [-0.1, -0.05) is 49.2 Å². The predicted molar refractivity (Wildman–Crippen MR) is 68.7 cm³/mol. The van der Waals surface area contributed by atoms with Crippen molar-refractivity contribution in [2.24, 2.45) is 0 Å². The van der Waals surface area contributed by atoms with Gasteiger partial charge in [-0.15, -0.1) is 5.56 Å². The van der Waals surface area contributed by atoms with Gasteiger partial charge in [0.1, 0.15) is 0 Å². The summed E-state index contributed by atoms with van der Waals surface area (Å²) in [5, 5.41) is 0. The van der Waals surface area contributed by atoms with E-state index in [2.05, 4.69) is 63.2 Å². The van der Waals surface area contributed by atoms with Gasteiger partial charge in [-0.05, 0) is 13.3 Å². The smallest absolute Gasteiger partial charge is 0 e. The van der Waals surface area contributed by atoms with E-state index in [-0.39, 0.29) is 32.7 Å². The molecular weight excluding hydrogens is 281 g/mol. The van der Waals surface area contributed by atoms with E-state index >= 15 is 0 Å². The van der Waals surface area contributed by atoms with Crippen LogP contribution in [0.1, 0.15) is 27.8 Å². The Balaban J connectivity index is 0.00000144. The van der Waals surface area contributed by atoms with Gasteiger partial charge in [0.2, 0.25) is 0 Å². The summed E-state index contributed by atoms with van der Waals surface area (Å²) in [6, 6.07) is 16.3. The number of aryl methyl sites for hydroxylation is 3. The van der Waals surface area contributed by atoms with Crippen molar-refractivity contribution in [2.45, 2.75) is 27.2 Å². The summed E-state index contributed by atoms with van der Waals surface area (Å²) >= 11 is 0. The second-order valence-electron chi connectivity index (χ2n) is 4.49. The molecule has 0 amide bonds. The molecule has 17 heavy (non-hydrogen) atoms. The van der Waals surface area contributed by atoms with Gasteiger partial charge < -0.3 is 0 Å². The van der Waals surface area contributed by atoms with Crippen molar-refractivity contribution in [3.05, 3.63) is 70.3 Å². The van der Waals surface area contributed by atoms with Crippen molar-refractivity contribution in [1.29, 1.82) is 0 Å². The van der Waals surface area contributed by atoms with Crippen LogP contribution in [0.25, 0.3) is 0 Å². The fraction of sp³-hybridized carbons (Fsp3) is 0.250. The third-order valence-electron chi connectivity index (χ3n) is 2.93. The first-order chi connectivity index (χ1) is 7.65. The largest absolute Gasteiger partial charge is 0.180 e. The molecule has 0 atom stereocenters. The monoisotopic (exact) mass is 298 g/mol. The van der Waals surface area contributed by atoms with Gasteiger partial charge in [-0.25, -0.2) is 0 Å². The predicted octanol–water partition coefficient (Wildman–Crippen LogP) is 4.00. The minimum Gasteiger partial charge on any atom is -0.180 e. The maximum Gasteiger partial charge on any atom is 0 e. The zero-order chi connectivity index (χ0) is 11.5.